The van der Waals surface area contributed by atoms with Crippen molar-refractivity contribution in [3.05, 3.63) is 0 Å². The quantitative estimate of drug-likeness (QED) is 0.319. The van der Waals surface area contributed by atoms with E-state index in [1.165, 1.54) is 14.1 Å². The van der Waals surface area contributed by atoms with E-state index in [1.807, 2.05) is 0 Å². The average Bonchev–Trinajstić information content (AvgIpc) is 2.00. The maximum absolute atomic E-state index is 11.2. The highest BCUT2D eigenvalue weighted by Crippen LogP contribution is 2.15. The second-order valence-corrected chi connectivity index (χ2v) is 4.13. The molecule has 14 heavy (non-hydrogen) atoms. The number of carbonyl (C=O) groups excluding carboxylic acids is 3. The predicted molar refractivity (Wildman–Crippen MR) is 49.2 cm³/mol. The van der Waals surface area contributed by atoms with E-state index >= 15 is 0 Å². The maximum Gasteiger partial charge on any atom is 0.404 e. The molecule has 0 spiro atoms. The normalized spacial score (nSPS) is 10.6. The molecule has 0 bridgehead atoms. The molecule has 0 fully saturated rings. The van der Waals surface area contributed by atoms with Crippen molar-refractivity contribution in [2.75, 3.05) is 14.1 Å². The van der Waals surface area contributed by atoms with Gasteiger partial charge in [-0.3, -0.25) is 9.59 Å². The van der Waals surface area contributed by atoms with Crippen molar-refractivity contribution in [1.29, 1.82) is 0 Å². The fourth-order valence-electron chi connectivity index (χ4n) is 0.464. The molecule has 0 atom stereocenters. The Morgan fingerprint density at radius 1 is 1.07 bits per heavy atom. The van der Waals surface area contributed by atoms with Crippen molar-refractivity contribution < 1.29 is 19.1 Å². The van der Waals surface area contributed by atoms with Crippen molar-refractivity contribution in [3.8, 4) is 0 Å². The number of carbonyl (C=O) groups is 3. The van der Waals surface area contributed by atoms with Crippen LogP contribution >= 0.6 is 0 Å². The van der Waals surface area contributed by atoms with Crippen LogP contribution in [0.2, 0.25) is 0 Å². The molecule has 5 heteroatoms. The zero-order valence-corrected chi connectivity index (χ0v) is 9.08. The second kappa shape index (κ2) is 4.21. The van der Waals surface area contributed by atoms with Gasteiger partial charge < -0.3 is 9.64 Å². The molecule has 0 aliphatic heterocycles. The highest BCUT2D eigenvalue weighted by molar-refractivity contribution is 6.34. The van der Waals surface area contributed by atoms with Gasteiger partial charge >= 0.3 is 17.8 Å². The Hall–Kier alpha value is -1.39. The summed E-state index contributed by atoms with van der Waals surface area (Å²) in [6.45, 7) is 4.80. The van der Waals surface area contributed by atoms with Crippen LogP contribution in [0.25, 0.3) is 0 Å². The molecule has 0 saturated carbocycles. The molecule has 0 aromatic carbocycles. The Bertz CT molecular complexity index is 262. The van der Waals surface area contributed by atoms with E-state index in [1.54, 1.807) is 20.8 Å². The molecule has 5 nitrogen and oxygen atoms in total. The van der Waals surface area contributed by atoms with Crippen molar-refractivity contribution in [2.45, 2.75) is 20.8 Å². The minimum Gasteiger partial charge on any atom is -0.385 e. The second-order valence-electron chi connectivity index (χ2n) is 4.13. The van der Waals surface area contributed by atoms with E-state index in [-0.39, 0.29) is 0 Å². The van der Waals surface area contributed by atoms with Crippen LogP contribution in [0.5, 0.6) is 0 Å². The molecule has 0 aliphatic rings. The number of likely N-dealkylation sites (N-methyl/N-ethyl adjacent to an activating group) is 1. The zero-order chi connectivity index (χ0) is 11.5. The molecule has 0 aliphatic carbocycles. The third-order valence-electron chi connectivity index (χ3n) is 1.38. The zero-order valence-electron chi connectivity index (χ0n) is 9.08. The van der Waals surface area contributed by atoms with Crippen molar-refractivity contribution >= 4 is 17.8 Å². The van der Waals surface area contributed by atoms with Gasteiger partial charge in [-0.15, -0.1) is 0 Å². The van der Waals surface area contributed by atoms with Crippen molar-refractivity contribution in [1.82, 2.24) is 4.90 Å². The Kier molecular flexibility index (Phi) is 3.80. The first-order valence-electron chi connectivity index (χ1n) is 4.14. The SMILES string of the molecule is CN(C)C(=O)C(=O)OC(=O)C(C)(C)C. The fourth-order valence-corrected chi connectivity index (χ4v) is 0.464. The van der Waals surface area contributed by atoms with Gasteiger partial charge in [0.05, 0.1) is 5.41 Å². The van der Waals surface area contributed by atoms with E-state index < -0.39 is 23.3 Å². The Labute approximate surface area is 83.0 Å². The van der Waals surface area contributed by atoms with Crippen molar-refractivity contribution in [2.24, 2.45) is 5.41 Å². The Morgan fingerprint density at radius 3 is 1.79 bits per heavy atom. The average molecular weight is 201 g/mol. The van der Waals surface area contributed by atoms with Gasteiger partial charge in [-0.25, -0.2) is 4.79 Å². The summed E-state index contributed by atoms with van der Waals surface area (Å²) in [4.78, 5) is 34.3. The van der Waals surface area contributed by atoms with E-state index in [9.17, 15) is 14.4 Å². The van der Waals surface area contributed by atoms with Crippen LogP contribution in [-0.2, 0) is 19.1 Å². The highest BCUT2D eigenvalue weighted by atomic mass is 16.6. The molecule has 0 rings (SSSR count). The molecule has 0 radical (unpaired) electrons. The summed E-state index contributed by atoms with van der Waals surface area (Å²) in [5.41, 5.74) is -0.789. The summed E-state index contributed by atoms with van der Waals surface area (Å²) in [6, 6.07) is 0. The lowest BCUT2D eigenvalue weighted by atomic mass is 9.97. The van der Waals surface area contributed by atoms with Gasteiger partial charge in [0.25, 0.3) is 0 Å². The van der Waals surface area contributed by atoms with Crippen LogP contribution in [-0.4, -0.2) is 36.8 Å². The fraction of sp³-hybridized carbons (Fsp3) is 0.667. The minimum absolute atomic E-state index is 0.710. The molecule has 80 valence electrons. The van der Waals surface area contributed by atoms with Gasteiger partial charge in [-0.1, -0.05) is 0 Å². The molecular formula is C9H15NO4. The standard InChI is InChI=1S/C9H15NO4/c1-9(2,3)8(13)14-7(12)6(11)10(4)5/h1-5H3. The van der Waals surface area contributed by atoms with Crippen LogP contribution in [0.15, 0.2) is 0 Å². The first-order valence-corrected chi connectivity index (χ1v) is 4.14. The van der Waals surface area contributed by atoms with Gasteiger partial charge in [0, 0.05) is 14.1 Å². The van der Waals surface area contributed by atoms with E-state index in [4.69, 9.17) is 0 Å². The smallest absolute Gasteiger partial charge is 0.385 e. The Balaban J connectivity index is 4.36. The molecule has 0 N–H and O–H groups in total. The molecule has 1 amide bonds. The number of hydrogen-bond donors (Lipinski definition) is 0. The molecular weight excluding hydrogens is 186 g/mol. The van der Waals surface area contributed by atoms with Crippen molar-refractivity contribution in [3.63, 3.8) is 0 Å². The lowest BCUT2D eigenvalue weighted by molar-refractivity contribution is -0.171. The number of amides is 1. The molecule has 0 saturated heterocycles. The Morgan fingerprint density at radius 2 is 1.50 bits per heavy atom. The highest BCUT2D eigenvalue weighted by Gasteiger charge is 2.29. The van der Waals surface area contributed by atoms with Gasteiger partial charge in [0.1, 0.15) is 0 Å². The number of ether oxygens (including phenoxy) is 1. The summed E-state index contributed by atoms with van der Waals surface area (Å²) in [6.07, 6.45) is 0. The first kappa shape index (κ1) is 12.6. The maximum atomic E-state index is 11.2. The number of esters is 2. The lowest BCUT2D eigenvalue weighted by Gasteiger charge is -2.15. The van der Waals surface area contributed by atoms with Crippen LogP contribution in [0.1, 0.15) is 20.8 Å². The van der Waals surface area contributed by atoms with E-state index in [0.29, 0.717) is 0 Å². The van der Waals surface area contributed by atoms with Gasteiger partial charge in [-0.2, -0.15) is 0 Å². The summed E-state index contributed by atoms with van der Waals surface area (Å²) in [5, 5.41) is 0. The van der Waals surface area contributed by atoms with Gasteiger partial charge in [-0.05, 0) is 20.8 Å². The summed E-state index contributed by atoms with van der Waals surface area (Å²) in [5.74, 6) is -2.70. The number of nitrogens with zero attached hydrogens (tertiary/aromatic N) is 1. The summed E-state index contributed by atoms with van der Waals surface area (Å²) in [7, 11) is 2.82. The third kappa shape index (κ3) is 3.55. The molecule has 0 heterocycles. The summed E-state index contributed by atoms with van der Waals surface area (Å²) < 4.78 is 4.37. The minimum atomic E-state index is -1.14. The largest absolute Gasteiger partial charge is 0.404 e. The molecule has 0 aromatic rings. The monoisotopic (exact) mass is 201 g/mol. The predicted octanol–water partition coefficient (Wildman–Crippen LogP) is 0.190. The van der Waals surface area contributed by atoms with E-state index in [2.05, 4.69) is 4.74 Å². The van der Waals surface area contributed by atoms with Gasteiger partial charge in [0.2, 0.25) is 0 Å². The number of rotatable bonds is 0. The lowest BCUT2D eigenvalue weighted by Crippen LogP contribution is -2.35. The number of hydrogen-bond acceptors (Lipinski definition) is 4. The van der Waals surface area contributed by atoms with Crippen LogP contribution in [0.4, 0.5) is 0 Å². The third-order valence-corrected chi connectivity index (χ3v) is 1.38. The summed E-state index contributed by atoms with van der Waals surface area (Å²) >= 11 is 0. The first-order chi connectivity index (χ1) is 6.16. The van der Waals surface area contributed by atoms with E-state index in [0.717, 1.165) is 4.90 Å². The molecule has 0 aromatic heterocycles. The van der Waals surface area contributed by atoms with Gasteiger partial charge in [0.15, 0.2) is 0 Å². The topological polar surface area (TPSA) is 63.7 Å². The van der Waals surface area contributed by atoms with Crippen LogP contribution in [0, 0.1) is 5.41 Å². The molecule has 0 unspecified atom stereocenters. The van der Waals surface area contributed by atoms with Crippen LogP contribution < -0.4 is 0 Å². The van der Waals surface area contributed by atoms with Crippen LogP contribution in [0.3, 0.4) is 0 Å².